The van der Waals surface area contributed by atoms with Crippen LogP contribution in [0.5, 0.6) is 0 Å². The molecule has 0 radical (unpaired) electrons. The van der Waals surface area contributed by atoms with Crippen LogP contribution in [-0.4, -0.2) is 69.8 Å². The van der Waals surface area contributed by atoms with Gasteiger partial charge in [-0.2, -0.15) is 0 Å². The molecule has 1 aromatic heterocycles. The first-order valence-corrected chi connectivity index (χ1v) is 10.4. The van der Waals surface area contributed by atoms with Crippen molar-refractivity contribution in [2.45, 2.75) is 39.2 Å². The second-order valence-corrected chi connectivity index (χ2v) is 8.82. The third-order valence-corrected chi connectivity index (χ3v) is 5.53. The van der Waals surface area contributed by atoms with Crippen LogP contribution in [0.3, 0.4) is 0 Å². The van der Waals surface area contributed by atoms with E-state index in [9.17, 15) is 23.6 Å². The summed E-state index contributed by atoms with van der Waals surface area (Å²) in [7, 11) is 1.46. The van der Waals surface area contributed by atoms with E-state index in [1.807, 2.05) is 0 Å². The molecule has 1 aromatic carbocycles. The summed E-state index contributed by atoms with van der Waals surface area (Å²) < 4.78 is 18.9. The normalized spacial score (nSPS) is 15.4. The van der Waals surface area contributed by atoms with E-state index in [1.165, 1.54) is 24.1 Å². The van der Waals surface area contributed by atoms with Crippen LogP contribution in [0.1, 0.15) is 49.8 Å². The average molecular weight is 459 g/mol. The molecule has 0 aliphatic carbocycles. The molecular weight excluding hydrogens is 433 g/mol. The number of ketones is 1. The Hall–Kier alpha value is -3.63. The minimum atomic E-state index is -1.01. The van der Waals surface area contributed by atoms with Gasteiger partial charge in [0.25, 0.3) is 11.8 Å². The molecule has 1 aliphatic rings. The number of nitrogens with zero attached hydrogens (tertiary/aromatic N) is 4. The second-order valence-electron chi connectivity index (χ2n) is 8.82. The van der Waals surface area contributed by atoms with Crippen molar-refractivity contribution in [2.75, 3.05) is 20.1 Å². The fourth-order valence-electron chi connectivity index (χ4n) is 3.42. The van der Waals surface area contributed by atoms with Crippen molar-refractivity contribution in [1.29, 1.82) is 0 Å². The lowest BCUT2D eigenvalue weighted by Gasteiger charge is -2.22. The minimum absolute atomic E-state index is 0.104. The average Bonchev–Trinajstić information content (AvgIpc) is 3.33. The molecule has 33 heavy (non-hydrogen) atoms. The standard InChI is InChI=1S/C22H26FN5O5/c1-12(2)17(24-15(29)10-28-16(30)11-27(5)21(28)32)18(31)19-25-26-20(33-19)22(3,4)13-6-8-14(23)9-7-13/h6-9,12,17H,10-11H2,1-5H3,(H,24,29)/t17-/m0/s1. The summed E-state index contributed by atoms with van der Waals surface area (Å²) >= 11 is 0. The van der Waals surface area contributed by atoms with Crippen molar-refractivity contribution < 1.29 is 28.0 Å². The molecule has 1 atom stereocenters. The van der Waals surface area contributed by atoms with Crippen LogP contribution < -0.4 is 5.32 Å². The van der Waals surface area contributed by atoms with Crippen molar-refractivity contribution in [3.63, 3.8) is 0 Å². The lowest BCUT2D eigenvalue weighted by atomic mass is 9.84. The van der Waals surface area contributed by atoms with Crippen LogP contribution >= 0.6 is 0 Å². The molecule has 1 saturated heterocycles. The highest BCUT2D eigenvalue weighted by Gasteiger charge is 2.37. The van der Waals surface area contributed by atoms with E-state index in [2.05, 4.69) is 15.5 Å². The zero-order valence-electron chi connectivity index (χ0n) is 19.1. The zero-order valence-corrected chi connectivity index (χ0v) is 19.1. The molecule has 1 N–H and O–H groups in total. The van der Waals surface area contributed by atoms with Crippen molar-refractivity contribution in [3.8, 4) is 0 Å². The number of Topliss-reactive ketones (excluding diaryl/α,β-unsaturated/α-hetero) is 1. The number of amides is 4. The molecule has 0 unspecified atom stereocenters. The number of hydrogen-bond acceptors (Lipinski definition) is 7. The maximum atomic E-state index is 13.3. The van der Waals surface area contributed by atoms with Crippen LogP contribution in [0.4, 0.5) is 9.18 Å². The fourth-order valence-corrected chi connectivity index (χ4v) is 3.42. The predicted octanol–water partition coefficient (Wildman–Crippen LogP) is 1.75. The Morgan fingerprint density at radius 1 is 1.18 bits per heavy atom. The van der Waals surface area contributed by atoms with Crippen molar-refractivity contribution in [3.05, 3.63) is 47.4 Å². The van der Waals surface area contributed by atoms with Gasteiger partial charge in [-0.05, 0) is 37.5 Å². The highest BCUT2D eigenvalue weighted by atomic mass is 19.1. The third-order valence-electron chi connectivity index (χ3n) is 5.53. The van der Waals surface area contributed by atoms with Crippen molar-refractivity contribution in [1.82, 2.24) is 25.3 Å². The summed E-state index contributed by atoms with van der Waals surface area (Å²) in [5.41, 5.74) is -0.0802. The molecule has 1 fully saturated rings. The maximum absolute atomic E-state index is 13.3. The molecule has 0 bridgehead atoms. The lowest BCUT2D eigenvalue weighted by molar-refractivity contribution is -0.131. The highest BCUT2D eigenvalue weighted by molar-refractivity contribution is 6.05. The fraction of sp³-hybridized carbons (Fsp3) is 0.455. The molecule has 10 nitrogen and oxygen atoms in total. The van der Waals surface area contributed by atoms with Gasteiger partial charge in [0.2, 0.25) is 17.6 Å². The largest absolute Gasteiger partial charge is 0.417 e. The van der Waals surface area contributed by atoms with E-state index >= 15 is 0 Å². The van der Waals surface area contributed by atoms with E-state index in [1.54, 1.807) is 39.8 Å². The number of likely N-dealkylation sites (N-methyl/N-ethyl adjacent to an activating group) is 1. The van der Waals surface area contributed by atoms with E-state index in [0.29, 0.717) is 5.56 Å². The number of carbonyl (C=O) groups is 4. The number of aromatic nitrogens is 2. The van der Waals surface area contributed by atoms with Gasteiger partial charge in [-0.15, -0.1) is 10.2 Å². The number of urea groups is 1. The molecule has 3 rings (SSSR count). The van der Waals surface area contributed by atoms with Gasteiger partial charge in [0.15, 0.2) is 0 Å². The quantitative estimate of drug-likeness (QED) is 0.471. The van der Waals surface area contributed by atoms with Crippen LogP contribution in [0.15, 0.2) is 28.7 Å². The monoisotopic (exact) mass is 459 g/mol. The SMILES string of the molecule is CC(C)[C@H](NC(=O)CN1C(=O)CN(C)C1=O)C(=O)c1nnc(C(C)(C)c2ccc(F)cc2)o1. The third kappa shape index (κ3) is 4.91. The van der Waals surface area contributed by atoms with Crippen LogP contribution in [-0.2, 0) is 15.0 Å². The molecule has 0 spiro atoms. The van der Waals surface area contributed by atoms with Crippen molar-refractivity contribution >= 4 is 23.6 Å². The molecule has 1 aliphatic heterocycles. The van der Waals surface area contributed by atoms with Crippen LogP contribution in [0.2, 0.25) is 0 Å². The lowest BCUT2D eigenvalue weighted by Crippen LogP contribution is -2.49. The first kappa shape index (κ1) is 24.0. The molecule has 0 saturated carbocycles. The number of benzene rings is 1. The summed E-state index contributed by atoms with van der Waals surface area (Å²) in [5, 5.41) is 10.4. The molecule has 2 heterocycles. The van der Waals surface area contributed by atoms with Crippen LogP contribution in [0, 0.1) is 11.7 Å². The van der Waals surface area contributed by atoms with Crippen molar-refractivity contribution in [2.24, 2.45) is 5.92 Å². The number of halogens is 1. The molecule has 176 valence electrons. The summed E-state index contributed by atoms with van der Waals surface area (Å²) in [5.74, 6) is -2.59. The van der Waals surface area contributed by atoms with Gasteiger partial charge in [0.1, 0.15) is 18.9 Å². The number of rotatable bonds is 8. The smallest absolute Gasteiger partial charge is 0.327 e. The maximum Gasteiger partial charge on any atom is 0.327 e. The van der Waals surface area contributed by atoms with Gasteiger partial charge in [-0.3, -0.25) is 19.3 Å². The first-order valence-electron chi connectivity index (χ1n) is 10.4. The predicted molar refractivity (Wildman–Crippen MR) is 114 cm³/mol. The molecule has 11 heteroatoms. The van der Waals surface area contributed by atoms with Gasteiger partial charge in [0, 0.05) is 7.05 Å². The van der Waals surface area contributed by atoms with E-state index in [0.717, 1.165) is 4.90 Å². The summed E-state index contributed by atoms with van der Waals surface area (Å²) in [6.07, 6.45) is 0. The minimum Gasteiger partial charge on any atom is -0.417 e. The highest BCUT2D eigenvalue weighted by Crippen LogP contribution is 2.30. The van der Waals surface area contributed by atoms with Crippen LogP contribution in [0.25, 0.3) is 0 Å². The summed E-state index contributed by atoms with van der Waals surface area (Å²) in [4.78, 5) is 51.5. The topological polar surface area (TPSA) is 126 Å². The Morgan fingerprint density at radius 3 is 2.36 bits per heavy atom. The van der Waals surface area contributed by atoms with E-state index in [4.69, 9.17) is 4.42 Å². The Balaban J connectivity index is 1.74. The number of imide groups is 1. The summed E-state index contributed by atoms with van der Waals surface area (Å²) in [6.45, 7) is 6.44. The van der Waals surface area contributed by atoms with E-state index < -0.39 is 41.6 Å². The Morgan fingerprint density at radius 2 is 1.82 bits per heavy atom. The van der Waals surface area contributed by atoms with Gasteiger partial charge >= 0.3 is 6.03 Å². The molecular formula is C22H26FN5O5. The van der Waals surface area contributed by atoms with Gasteiger partial charge in [0.05, 0.1) is 11.5 Å². The first-order chi connectivity index (χ1) is 15.4. The second kappa shape index (κ2) is 9.08. The van der Waals surface area contributed by atoms with E-state index in [-0.39, 0.29) is 30.1 Å². The number of nitrogens with one attached hydrogen (secondary N) is 1. The van der Waals surface area contributed by atoms with Gasteiger partial charge in [-0.25, -0.2) is 9.18 Å². The van der Waals surface area contributed by atoms with Gasteiger partial charge in [-0.1, -0.05) is 26.0 Å². The van der Waals surface area contributed by atoms with Gasteiger partial charge < -0.3 is 14.6 Å². The Kier molecular flexibility index (Phi) is 6.61. The number of carbonyl (C=O) groups excluding carboxylic acids is 4. The Bertz CT molecular complexity index is 1080. The molecule has 2 aromatic rings. The zero-order chi connectivity index (χ0) is 24.5. The summed E-state index contributed by atoms with van der Waals surface area (Å²) in [6, 6.07) is 4.24. The Labute approximate surface area is 190 Å². The number of hydrogen-bond donors (Lipinski definition) is 1. The molecule has 4 amide bonds.